The first-order valence-corrected chi connectivity index (χ1v) is 2.11. The first-order chi connectivity index (χ1) is 3.68. The molecule has 0 aliphatic carbocycles. The molecule has 0 aromatic heterocycles. The van der Waals surface area contributed by atoms with E-state index in [0.29, 0.717) is 0 Å². The third kappa shape index (κ3) is 2.30. The molecule has 0 spiro atoms. The molecule has 46 valence electrons. The maximum absolute atomic E-state index is 9.60. The summed E-state index contributed by atoms with van der Waals surface area (Å²) in [7, 11) is 0. The standard InChI is InChI=1S/C4H7NO3/c1-2-3-4(6)5(7)8/h2,4,6H,1,3H2. The largest absolute Gasteiger partial charge is 0.333 e. The van der Waals surface area contributed by atoms with Gasteiger partial charge in [0.15, 0.2) is 0 Å². The van der Waals surface area contributed by atoms with E-state index in [2.05, 4.69) is 6.58 Å². The first kappa shape index (κ1) is 7.10. The van der Waals surface area contributed by atoms with Crippen LogP contribution in [0.4, 0.5) is 0 Å². The molecule has 1 N–H and O–H groups in total. The Labute approximate surface area is 46.6 Å². The van der Waals surface area contributed by atoms with Gasteiger partial charge in [-0.2, -0.15) is 0 Å². The van der Waals surface area contributed by atoms with Gasteiger partial charge >= 0.3 is 6.23 Å². The van der Waals surface area contributed by atoms with Crippen molar-refractivity contribution >= 4 is 0 Å². The highest BCUT2D eigenvalue weighted by molar-refractivity contribution is 4.66. The zero-order chi connectivity index (χ0) is 6.57. The van der Waals surface area contributed by atoms with E-state index in [9.17, 15) is 10.1 Å². The highest BCUT2D eigenvalue weighted by Gasteiger charge is 2.10. The monoisotopic (exact) mass is 117 g/mol. The van der Waals surface area contributed by atoms with Crippen molar-refractivity contribution in [1.82, 2.24) is 0 Å². The van der Waals surface area contributed by atoms with Gasteiger partial charge in [0.05, 0.1) is 11.3 Å². The quantitative estimate of drug-likeness (QED) is 0.248. The van der Waals surface area contributed by atoms with Gasteiger partial charge in [-0.1, -0.05) is 6.08 Å². The molecule has 0 aromatic rings. The van der Waals surface area contributed by atoms with Crippen LogP contribution >= 0.6 is 0 Å². The van der Waals surface area contributed by atoms with Crippen molar-refractivity contribution < 1.29 is 10.0 Å². The number of nitro groups is 1. The van der Waals surface area contributed by atoms with E-state index in [-0.39, 0.29) is 6.42 Å². The highest BCUT2D eigenvalue weighted by atomic mass is 16.7. The molecule has 1 atom stereocenters. The molecular formula is C4H7NO3. The number of hydrogen-bond acceptors (Lipinski definition) is 3. The molecule has 0 bridgehead atoms. The van der Waals surface area contributed by atoms with Gasteiger partial charge in [-0.15, -0.1) is 6.58 Å². The van der Waals surface area contributed by atoms with Crippen LogP contribution in [0.15, 0.2) is 12.7 Å². The van der Waals surface area contributed by atoms with Crippen LogP contribution in [0.5, 0.6) is 0 Å². The maximum Gasteiger partial charge on any atom is 0.316 e. The van der Waals surface area contributed by atoms with Gasteiger partial charge in [0.25, 0.3) is 0 Å². The number of nitrogens with zero attached hydrogens (tertiary/aromatic N) is 1. The summed E-state index contributed by atoms with van der Waals surface area (Å²) in [5.41, 5.74) is 0. The van der Waals surface area contributed by atoms with Crippen molar-refractivity contribution in [3.8, 4) is 0 Å². The van der Waals surface area contributed by atoms with Gasteiger partial charge in [0.2, 0.25) is 0 Å². The third-order valence-corrected chi connectivity index (χ3v) is 0.621. The lowest BCUT2D eigenvalue weighted by atomic mass is 10.4. The number of aliphatic hydroxyl groups excluding tert-OH is 1. The van der Waals surface area contributed by atoms with Crippen LogP contribution in [-0.4, -0.2) is 16.3 Å². The summed E-state index contributed by atoms with van der Waals surface area (Å²) < 4.78 is 0. The van der Waals surface area contributed by atoms with Gasteiger partial charge in [-0.05, 0) is 0 Å². The molecule has 0 fully saturated rings. The fourth-order valence-electron chi connectivity index (χ4n) is 0.235. The Hall–Kier alpha value is -0.900. The summed E-state index contributed by atoms with van der Waals surface area (Å²) >= 11 is 0. The molecule has 0 saturated carbocycles. The van der Waals surface area contributed by atoms with E-state index in [0.717, 1.165) is 0 Å². The number of hydrogen-bond donors (Lipinski definition) is 1. The summed E-state index contributed by atoms with van der Waals surface area (Å²) in [6.45, 7) is 3.22. The summed E-state index contributed by atoms with van der Waals surface area (Å²) in [4.78, 5) is 8.83. The number of aliphatic hydroxyl groups is 1. The van der Waals surface area contributed by atoms with E-state index < -0.39 is 11.2 Å². The van der Waals surface area contributed by atoms with Crippen molar-refractivity contribution in [3.05, 3.63) is 22.8 Å². The topological polar surface area (TPSA) is 63.4 Å². The Kier molecular flexibility index (Phi) is 2.79. The van der Waals surface area contributed by atoms with Crippen LogP contribution in [-0.2, 0) is 0 Å². The van der Waals surface area contributed by atoms with Crippen molar-refractivity contribution in [2.24, 2.45) is 0 Å². The summed E-state index contributed by atoms with van der Waals surface area (Å²) in [5.74, 6) is 0. The molecule has 1 unspecified atom stereocenters. The lowest BCUT2D eigenvalue weighted by Crippen LogP contribution is -2.16. The zero-order valence-electron chi connectivity index (χ0n) is 4.28. The molecule has 4 nitrogen and oxygen atoms in total. The van der Waals surface area contributed by atoms with Crippen LogP contribution in [0.3, 0.4) is 0 Å². The van der Waals surface area contributed by atoms with Crippen molar-refractivity contribution in [2.75, 3.05) is 0 Å². The van der Waals surface area contributed by atoms with Gasteiger partial charge in [0.1, 0.15) is 0 Å². The average Bonchev–Trinajstić information content (AvgIpc) is 1.67. The minimum Gasteiger partial charge on any atom is -0.333 e. The molecule has 0 aromatic carbocycles. The van der Waals surface area contributed by atoms with Crippen LogP contribution in [0.1, 0.15) is 6.42 Å². The lowest BCUT2D eigenvalue weighted by molar-refractivity contribution is -0.569. The second-order valence-electron chi connectivity index (χ2n) is 1.29. The summed E-state index contributed by atoms with van der Waals surface area (Å²) in [6, 6.07) is 0. The summed E-state index contributed by atoms with van der Waals surface area (Å²) in [6.07, 6.45) is -0.173. The smallest absolute Gasteiger partial charge is 0.316 e. The molecular weight excluding hydrogens is 110 g/mol. The van der Waals surface area contributed by atoms with E-state index in [1.807, 2.05) is 0 Å². The zero-order valence-corrected chi connectivity index (χ0v) is 4.28. The predicted octanol–water partition coefficient (Wildman–Crippen LogP) is 0.158. The van der Waals surface area contributed by atoms with Crippen molar-refractivity contribution in [1.29, 1.82) is 0 Å². The molecule has 0 rings (SSSR count). The van der Waals surface area contributed by atoms with E-state index in [1.54, 1.807) is 0 Å². The molecule has 8 heavy (non-hydrogen) atoms. The molecule has 0 radical (unpaired) electrons. The average molecular weight is 117 g/mol. The Morgan fingerprint density at radius 3 is 2.62 bits per heavy atom. The Morgan fingerprint density at radius 2 is 2.50 bits per heavy atom. The van der Waals surface area contributed by atoms with Crippen LogP contribution in [0, 0.1) is 10.1 Å². The predicted molar refractivity (Wildman–Crippen MR) is 27.8 cm³/mol. The fourth-order valence-corrected chi connectivity index (χ4v) is 0.235. The normalized spacial score (nSPS) is 12.6. The van der Waals surface area contributed by atoms with E-state index in [4.69, 9.17) is 5.11 Å². The van der Waals surface area contributed by atoms with Gasteiger partial charge in [-0.3, -0.25) is 10.1 Å². The minimum atomic E-state index is -1.48. The highest BCUT2D eigenvalue weighted by Crippen LogP contribution is 1.90. The molecule has 0 amide bonds. The van der Waals surface area contributed by atoms with Crippen LogP contribution in [0.2, 0.25) is 0 Å². The van der Waals surface area contributed by atoms with Gasteiger partial charge in [0, 0.05) is 0 Å². The van der Waals surface area contributed by atoms with Crippen LogP contribution in [0.25, 0.3) is 0 Å². The Bertz CT molecular complexity index is 101. The molecule has 0 aliphatic heterocycles. The second kappa shape index (κ2) is 3.15. The first-order valence-electron chi connectivity index (χ1n) is 2.11. The van der Waals surface area contributed by atoms with Crippen molar-refractivity contribution in [2.45, 2.75) is 12.6 Å². The minimum absolute atomic E-state index is 0.00694. The molecule has 0 aliphatic rings. The van der Waals surface area contributed by atoms with Gasteiger partial charge < -0.3 is 5.11 Å². The lowest BCUT2D eigenvalue weighted by Gasteiger charge is -1.94. The van der Waals surface area contributed by atoms with Gasteiger partial charge in [-0.25, -0.2) is 0 Å². The Morgan fingerprint density at radius 1 is 2.00 bits per heavy atom. The molecule has 0 saturated heterocycles. The number of rotatable bonds is 3. The van der Waals surface area contributed by atoms with Crippen LogP contribution < -0.4 is 0 Å². The van der Waals surface area contributed by atoms with Crippen molar-refractivity contribution in [3.63, 3.8) is 0 Å². The van der Waals surface area contributed by atoms with E-state index in [1.165, 1.54) is 6.08 Å². The second-order valence-corrected chi connectivity index (χ2v) is 1.29. The summed E-state index contributed by atoms with van der Waals surface area (Å²) in [5, 5.41) is 18.0. The molecule has 4 heteroatoms. The SMILES string of the molecule is C=CCC(O)[N+](=O)[O-]. The maximum atomic E-state index is 9.60. The fraction of sp³-hybridized carbons (Fsp3) is 0.500. The molecule has 0 heterocycles. The Balaban J connectivity index is 3.46. The van der Waals surface area contributed by atoms with E-state index >= 15 is 0 Å². The third-order valence-electron chi connectivity index (χ3n) is 0.621.